The molecule has 0 bridgehead atoms. The third-order valence-electron chi connectivity index (χ3n) is 4.58. The van der Waals surface area contributed by atoms with Crippen LogP contribution in [0.5, 0.6) is 0 Å². The van der Waals surface area contributed by atoms with Gasteiger partial charge in [-0.05, 0) is 30.0 Å². The van der Waals surface area contributed by atoms with E-state index in [4.69, 9.17) is 4.74 Å². The van der Waals surface area contributed by atoms with Crippen molar-refractivity contribution in [2.45, 2.75) is 26.0 Å². The van der Waals surface area contributed by atoms with Crippen LogP contribution in [-0.2, 0) is 11.3 Å². The van der Waals surface area contributed by atoms with Crippen LogP contribution >= 0.6 is 0 Å². The number of piperidine rings is 1. The first-order valence-electron chi connectivity index (χ1n) is 8.60. The highest BCUT2D eigenvalue weighted by Crippen LogP contribution is 2.23. The number of carbonyl (C=O) groups excluding carboxylic acids is 1. The summed E-state index contributed by atoms with van der Waals surface area (Å²) in [4.78, 5) is 14.0. The normalized spacial score (nSPS) is 20.2. The minimum Gasteiger partial charge on any atom is -0.445 e. The molecule has 2 atom stereocenters. The molecule has 1 N–H and O–H groups in total. The molecule has 132 valence electrons. The van der Waals surface area contributed by atoms with Crippen molar-refractivity contribution in [3.8, 4) is 0 Å². The van der Waals surface area contributed by atoms with Crippen LogP contribution in [0.3, 0.4) is 0 Å². The Bertz CT molecular complexity index is 708. The van der Waals surface area contributed by atoms with Crippen LogP contribution in [-0.4, -0.2) is 30.1 Å². The summed E-state index contributed by atoms with van der Waals surface area (Å²) >= 11 is 0. The van der Waals surface area contributed by atoms with Gasteiger partial charge in [-0.15, -0.1) is 0 Å². The second-order valence-electron chi connectivity index (χ2n) is 6.48. The molecule has 1 amide bonds. The molecule has 1 aliphatic rings. The Hall–Kier alpha value is -2.56. The van der Waals surface area contributed by atoms with E-state index >= 15 is 0 Å². The zero-order valence-electron chi connectivity index (χ0n) is 14.3. The molecule has 0 aliphatic carbocycles. The summed E-state index contributed by atoms with van der Waals surface area (Å²) in [5.74, 6) is -0.0444. The Labute approximate surface area is 147 Å². The average molecular weight is 342 g/mol. The fourth-order valence-electron chi connectivity index (χ4n) is 3.11. The molecule has 1 aliphatic heterocycles. The average Bonchev–Trinajstić information content (AvgIpc) is 2.64. The van der Waals surface area contributed by atoms with Crippen LogP contribution in [0.4, 0.5) is 14.9 Å². The van der Waals surface area contributed by atoms with Crippen molar-refractivity contribution in [3.05, 3.63) is 66.0 Å². The number of amides is 1. The van der Waals surface area contributed by atoms with Crippen LogP contribution in [0, 0.1) is 11.7 Å². The number of benzene rings is 2. The zero-order valence-corrected chi connectivity index (χ0v) is 14.3. The molecule has 2 aromatic carbocycles. The molecule has 1 heterocycles. The number of likely N-dealkylation sites (tertiary alicyclic amines) is 1. The summed E-state index contributed by atoms with van der Waals surface area (Å²) < 4.78 is 19.2. The lowest BCUT2D eigenvalue weighted by Gasteiger charge is -2.37. The fourth-order valence-corrected chi connectivity index (χ4v) is 3.11. The number of nitrogens with one attached hydrogen (secondary N) is 1. The molecular weight excluding hydrogens is 319 g/mol. The van der Waals surface area contributed by atoms with Gasteiger partial charge in [0.05, 0.1) is 5.69 Å². The van der Waals surface area contributed by atoms with Crippen molar-refractivity contribution in [1.82, 2.24) is 4.90 Å². The summed E-state index contributed by atoms with van der Waals surface area (Å²) in [5.41, 5.74) is 1.49. The lowest BCUT2D eigenvalue weighted by Crippen LogP contribution is -2.47. The fraction of sp³-hybridized carbons (Fsp3) is 0.350. The Kier molecular flexibility index (Phi) is 5.53. The Balaban J connectivity index is 1.51. The van der Waals surface area contributed by atoms with Gasteiger partial charge in [0.2, 0.25) is 0 Å². The Morgan fingerprint density at radius 2 is 1.92 bits per heavy atom. The lowest BCUT2D eigenvalue weighted by atomic mass is 9.94. The van der Waals surface area contributed by atoms with E-state index in [0.29, 0.717) is 18.8 Å². The second kappa shape index (κ2) is 8.01. The highest BCUT2D eigenvalue weighted by molar-refractivity contribution is 5.67. The van der Waals surface area contributed by atoms with Crippen molar-refractivity contribution in [3.63, 3.8) is 0 Å². The molecular formula is C20H23FN2O2. The molecule has 2 aromatic rings. The summed E-state index contributed by atoms with van der Waals surface area (Å²) in [5, 5.41) is 3.26. The molecule has 0 spiro atoms. The summed E-state index contributed by atoms with van der Waals surface area (Å²) in [7, 11) is 0. The first-order chi connectivity index (χ1) is 12.1. The van der Waals surface area contributed by atoms with E-state index < -0.39 is 0 Å². The second-order valence-corrected chi connectivity index (χ2v) is 6.48. The van der Waals surface area contributed by atoms with Crippen molar-refractivity contribution in [2.75, 3.05) is 18.4 Å². The molecule has 3 rings (SSSR count). The van der Waals surface area contributed by atoms with Gasteiger partial charge in [-0.25, -0.2) is 9.18 Å². The highest BCUT2D eigenvalue weighted by atomic mass is 19.1. The molecule has 1 saturated heterocycles. The van der Waals surface area contributed by atoms with Crippen molar-refractivity contribution in [1.29, 1.82) is 0 Å². The largest absolute Gasteiger partial charge is 0.445 e. The van der Waals surface area contributed by atoms with Gasteiger partial charge in [0.15, 0.2) is 0 Å². The molecule has 0 aromatic heterocycles. The molecule has 0 unspecified atom stereocenters. The maximum Gasteiger partial charge on any atom is 0.410 e. The third-order valence-corrected chi connectivity index (χ3v) is 4.58. The summed E-state index contributed by atoms with van der Waals surface area (Å²) in [6, 6.07) is 16.4. The van der Waals surface area contributed by atoms with Crippen molar-refractivity contribution < 1.29 is 13.9 Å². The highest BCUT2D eigenvalue weighted by Gasteiger charge is 2.29. The number of anilines is 1. The number of hydrogen-bond donors (Lipinski definition) is 1. The van der Waals surface area contributed by atoms with Crippen molar-refractivity contribution >= 4 is 11.8 Å². The van der Waals surface area contributed by atoms with Gasteiger partial charge in [-0.1, -0.05) is 49.4 Å². The number of para-hydroxylation sites is 1. The van der Waals surface area contributed by atoms with Crippen LogP contribution < -0.4 is 5.32 Å². The zero-order chi connectivity index (χ0) is 17.6. The first-order valence-corrected chi connectivity index (χ1v) is 8.60. The van der Waals surface area contributed by atoms with Crippen molar-refractivity contribution in [2.24, 2.45) is 5.92 Å². The van der Waals surface area contributed by atoms with Gasteiger partial charge >= 0.3 is 6.09 Å². The van der Waals surface area contributed by atoms with Gasteiger partial charge in [0.1, 0.15) is 12.4 Å². The standard InChI is InChI=1S/C20H23FN2O2/c1-15-13-23(20(24)25-14-16-7-3-2-4-8-16)12-11-18(15)22-19-10-6-5-9-17(19)21/h2-10,15,18,22H,11-14H2,1H3/t15-,18+/m0/s1. The smallest absolute Gasteiger partial charge is 0.410 e. The van der Waals surface area contributed by atoms with E-state index in [1.54, 1.807) is 17.0 Å². The molecule has 5 heteroatoms. The van der Waals surface area contributed by atoms with Gasteiger partial charge < -0.3 is 15.0 Å². The van der Waals surface area contributed by atoms with Crippen LogP contribution in [0.25, 0.3) is 0 Å². The maximum absolute atomic E-state index is 13.8. The molecule has 0 radical (unpaired) electrons. The first kappa shape index (κ1) is 17.3. The molecule has 4 nitrogen and oxygen atoms in total. The number of ether oxygens (including phenoxy) is 1. The lowest BCUT2D eigenvalue weighted by molar-refractivity contribution is 0.0786. The van der Waals surface area contributed by atoms with E-state index in [1.165, 1.54) is 6.07 Å². The Morgan fingerprint density at radius 1 is 1.20 bits per heavy atom. The van der Waals surface area contributed by atoms with Crippen LogP contribution in [0.2, 0.25) is 0 Å². The number of halogens is 1. The number of hydrogen-bond acceptors (Lipinski definition) is 3. The van der Waals surface area contributed by atoms with E-state index in [9.17, 15) is 9.18 Å². The Morgan fingerprint density at radius 3 is 2.64 bits per heavy atom. The molecule has 0 saturated carbocycles. The van der Waals surface area contributed by atoms with Crippen LogP contribution in [0.1, 0.15) is 18.9 Å². The summed E-state index contributed by atoms with van der Waals surface area (Å²) in [6.07, 6.45) is 0.468. The molecule has 1 fully saturated rings. The van der Waals surface area contributed by atoms with Gasteiger partial charge in [-0.2, -0.15) is 0 Å². The van der Waals surface area contributed by atoms with E-state index in [0.717, 1.165) is 12.0 Å². The quantitative estimate of drug-likeness (QED) is 0.901. The number of carbonyl (C=O) groups is 1. The van der Waals surface area contributed by atoms with Gasteiger partial charge in [0.25, 0.3) is 0 Å². The monoisotopic (exact) mass is 342 g/mol. The third kappa shape index (κ3) is 4.50. The predicted octanol–water partition coefficient (Wildman–Crippen LogP) is 4.28. The minimum atomic E-state index is -0.292. The topological polar surface area (TPSA) is 41.6 Å². The SMILES string of the molecule is C[C@H]1CN(C(=O)OCc2ccccc2)CC[C@H]1Nc1ccccc1F. The maximum atomic E-state index is 13.8. The number of rotatable bonds is 4. The van der Waals surface area contributed by atoms with Gasteiger partial charge in [-0.3, -0.25) is 0 Å². The van der Waals surface area contributed by atoms with E-state index in [2.05, 4.69) is 12.2 Å². The minimum absolute atomic E-state index is 0.134. The van der Waals surface area contributed by atoms with Gasteiger partial charge in [0, 0.05) is 19.1 Å². The molecule has 25 heavy (non-hydrogen) atoms. The van der Waals surface area contributed by atoms with E-state index in [-0.39, 0.29) is 30.5 Å². The predicted molar refractivity (Wildman–Crippen MR) is 95.8 cm³/mol. The van der Waals surface area contributed by atoms with E-state index in [1.807, 2.05) is 36.4 Å². The van der Waals surface area contributed by atoms with Crippen LogP contribution in [0.15, 0.2) is 54.6 Å². The number of nitrogens with zero attached hydrogens (tertiary/aromatic N) is 1. The summed E-state index contributed by atoms with van der Waals surface area (Å²) in [6.45, 7) is 3.54.